The van der Waals surface area contributed by atoms with Gasteiger partial charge in [-0.2, -0.15) is 0 Å². The number of nitrogens with two attached hydrogens (primary N) is 1. The van der Waals surface area contributed by atoms with Crippen LogP contribution >= 0.6 is 15.9 Å². The molecule has 0 aromatic carbocycles. The van der Waals surface area contributed by atoms with Gasteiger partial charge in [0.1, 0.15) is 22.4 Å². The first-order valence-electron chi connectivity index (χ1n) is 6.83. The minimum absolute atomic E-state index is 0.362. The molecule has 0 aliphatic heterocycles. The molecule has 3 N–H and O–H groups in total. The van der Waals surface area contributed by atoms with E-state index in [9.17, 15) is 0 Å². The Labute approximate surface area is 124 Å². The van der Waals surface area contributed by atoms with Crippen LogP contribution in [0, 0.1) is 0 Å². The average Bonchev–Trinajstić information content (AvgIpc) is 2.40. The van der Waals surface area contributed by atoms with E-state index in [4.69, 9.17) is 5.73 Å². The molecule has 1 aromatic heterocycles. The summed E-state index contributed by atoms with van der Waals surface area (Å²) in [5, 5.41) is 3.36. The van der Waals surface area contributed by atoms with Gasteiger partial charge in [-0.3, -0.25) is 0 Å². The predicted molar refractivity (Wildman–Crippen MR) is 84.3 cm³/mol. The van der Waals surface area contributed by atoms with Gasteiger partial charge in [0.25, 0.3) is 0 Å². The smallest absolute Gasteiger partial charge is 0.146 e. The Kier molecular flexibility index (Phi) is 7.09. The van der Waals surface area contributed by atoms with Crippen molar-refractivity contribution in [3.05, 3.63) is 10.8 Å². The quantitative estimate of drug-likeness (QED) is 0.767. The zero-order chi connectivity index (χ0) is 14.3. The maximum atomic E-state index is 5.73. The summed E-state index contributed by atoms with van der Waals surface area (Å²) in [7, 11) is 0. The first-order chi connectivity index (χ1) is 9.08. The van der Waals surface area contributed by atoms with Crippen LogP contribution in [0.2, 0.25) is 0 Å². The van der Waals surface area contributed by atoms with Crippen molar-refractivity contribution in [3.8, 4) is 0 Å². The minimum atomic E-state index is 0.362. The maximum Gasteiger partial charge on any atom is 0.146 e. The van der Waals surface area contributed by atoms with E-state index in [2.05, 4.69) is 56.9 Å². The molecule has 1 aromatic rings. The van der Waals surface area contributed by atoms with Crippen molar-refractivity contribution in [1.82, 2.24) is 14.9 Å². The Bertz CT molecular complexity index is 381. The maximum absolute atomic E-state index is 5.73. The fourth-order valence-corrected chi connectivity index (χ4v) is 2.27. The summed E-state index contributed by atoms with van der Waals surface area (Å²) in [5.74, 6) is 1.23. The van der Waals surface area contributed by atoms with Crippen LogP contribution in [0.25, 0.3) is 0 Å². The molecule has 108 valence electrons. The molecule has 1 heterocycles. The Balaban J connectivity index is 2.39. The molecule has 0 aliphatic rings. The number of nitrogens with zero attached hydrogens (tertiary/aromatic N) is 3. The van der Waals surface area contributed by atoms with Crippen LogP contribution in [-0.2, 0) is 0 Å². The zero-order valence-electron chi connectivity index (χ0n) is 12.0. The summed E-state index contributed by atoms with van der Waals surface area (Å²) < 4.78 is 0.741. The number of rotatable bonds is 8. The highest BCUT2D eigenvalue weighted by molar-refractivity contribution is 9.10. The molecule has 0 fully saturated rings. The van der Waals surface area contributed by atoms with Gasteiger partial charge in [0, 0.05) is 6.04 Å². The molecule has 19 heavy (non-hydrogen) atoms. The van der Waals surface area contributed by atoms with Gasteiger partial charge in [0.15, 0.2) is 0 Å². The van der Waals surface area contributed by atoms with Gasteiger partial charge in [-0.25, -0.2) is 9.97 Å². The molecule has 1 rings (SSSR count). The lowest BCUT2D eigenvalue weighted by atomic mass is 10.1. The zero-order valence-corrected chi connectivity index (χ0v) is 13.6. The number of nitrogens with one attached hydrogen (secondary N) is 1. The number of nitrogen functional groups attached to an aromatic ring is 1. The molecule has 0 radical (unpaired) electrons. The summed E-state index contributed by atoms with van der Waals surface area (Å²) >= 11 is 3.40. The van der Waals surface area contributed by atoms with E-state index in [0.717, 1.165) is 36.3 Å². The van der Waals surface area contributed by atoms with Crippen molar-refractivity contribution >= 4 is 27.6 Å². The topological polar surface area (TPSA) is 67.1 Å². The molecule has 0 bridgehead atoms. The first kappa shape index (κ1) is 16.2. The van der Waals surface area contributed by atoms with E-state index < -0.39 is 0 Å². The van der Waals surface area contributed by atoms with Gasteiger partial charge in [0.05, 0.1) is 0 Å². The fourth-order valence-electron chi connectivity index (χ4n) is 1.95. The number of hydrogen-bond acceptors (Lipinski definition) is 5. The second-order valence-corrected chi connectivity index (χ2v) is 5.43. The van der Waals surface area contributed by atoms with Crippen molar-refractivity contribution < 1.29 is 0 Å². The summed E-state index contributed by atoms with van der Waals surface area (Å²) in [5.41, 5.74) is 5.73. The third-order valence-corrected chi connectivity index (χ3v) is 3.99. The molecule has 6 heteroatoms. The lowest BCUT2D eigenvalue weighted by Crippen LogP contribution is -2.25. The van der Waals surface area contributed by atoms with Gasteiger partial charge in [-0.05, 0) is 55.3 Å². The van der Waals surface area contributed by atoms with Crippen molar-refractivity contribution in [2.75, 3.05) is 30.7 Å². The number of aromatic nitrogens is 2. The van der Waals surface area contributed by atoms with Gasteiger partial charge in [-0.15, -0.1) is 0 Å². The Morgan fingerprint density at radius 3 is 2.68 bits per heavy atom. The Morgan fingerprint density at radius 1 is 1.37 bits per heavy atom. The van der Waals surface area contributed by atoms with Crippen LogP contribution in [0.1, 0.15) is 33.6 Å². The Hall–Kier alpha value is -0.880. The monoisotopic (exact) mass is 329 g/mol. The lowest BCUT2D eigenvalue weighted by Gasteiger charge is -2.20. The second-order valence-electron chi connectivity index (χ2n) is 4.64. The van der Waals surface area contributed by atoms with E-state index in [0.29, 0.717) is 11.9 Å². The largest absolute Gasteiger partial charge is 0.383 e. The van der Waals surface area contributed by atoms with Crippen molar-refractivity contribution in [2.45, 2.75) is 39.7 Å². The fraction of sp³-hybridized carbons (Fsp3) is 0.692. The second kappa shape index (κ2) is 8.32. The molecule has 1 unspecified atom stereocenters. The standard InChI is InChI=1S/C13H24BrN5/c1-4-19(5-2)8-6-7-10(3)18-13-11(14)12(15)16-9-17-13/h9-10H,4-8H2,1-3H3,(H3,15,16,17,18). The van der Waals surface area contributed by atoms with Crippen LogP contribution in [0.3, 0.4) is 0 Å². The highest BCUT2D eigenvalue weighted by Gasteiger charge is 2.09. The molecule has 0 saturated heterocycles. The first-order valence-corrected chi connectivity index (χ1v) is 7.62. The van der Waals surface area contributed by atoms with E-state index >= 15 is 0 Å². The third-order valence-electron chi connectivity index (χ3n) is 3.21. The van der Waals surface area contributed by atoms with Crippen molar-refractivity contribution in [3.63, 3.8) is 0 Å². The highest BCUT2D eigenvalue weighted by atomic mass is 79.9. The molecular weight excluding hydrogens is 306 g/mol. The highest BCUT2D eigenvalue weighted by Crippen LogP contribution is 2.24. The van der Waals surface area contributed by atoms with Gasteiger partial charge >= 0.3 is 0 Å². The molecule has 5 nitrogen and oxygen atoms in total. The van der Waals surface area contributed by atoms with E-state index in [-0.39, 0.29) is 0 Å². The van der Waals surface area contributed by atoms with Crippen molar-refractivity contribution in [1.29, 1.82) is 0 Å². The molecule has 0 amide bonds. The molecule has 0 aliphatic carbocycles. The predicted octanol–water partition coefficient (Wildman–Crippen LogP) is 2.74. The van der Waals surface area contributed by atoms with Gasteiger partial charge in [-0.1, -0.05) is 13.8 Å². The van der Waals surface area contributed by atoms with E-state index in [1.54, 1.807) is 0 Å². The lowest BCUT2D eigenvalue weighted by molar-refractivity contribution is 0.295. The summed E-state index contributed by atoms with van der Waals surface area (Å²) in [6, 6.07) is 0.362. The summed E-state index contributed by atoms with van der Waals surface area (Å²) in [6.45, 7) is 9.94. The molecule has 0 saturated carbocycles. The van der Waals surface area contributed by atoms with Gasteiger partial charge < -0.3 is 16.0 Å². The number of anilines is 2. The van der Waals surface area contributed by atoms with Crippen LogP contribution in [-0.4, -0.2) is 40.5 Å². The normalized spacial score (nSPS) is 12.7. The van der Waals surface area contributed by atoms with Crippen LogP contribution < -0.4 is 11.1 Å². The summed E-state index contributed by atoms with van der Waals surface area (Å²) in [6.07, 6.45) is 3.76. The van der Waals surface area contributed by atoms with E-state index in [1.807, 2.05) is 0 Å². The number of halogens is 1. The third kappa shape index (κ3) is 5.32. The van der Waals surface area contributed by atoms with E-state index in [1.165, 1.54) is 12.7 Å². The van der Waals surface area contributed by atoms with Crippen LogP contribution in [0.4, 0.5) is 11.6 Å². The van der Waals surface area contributed by atoms with Crippen LogP contribution in [0.5, 0.6) is 0 Å². The van der Waals surface area contributed by atoms with Crippen LogP contribution in [0.15, 0.2) is 10.8 Å². The van der Waals surface area contributed by atoms with Gasteiger partial charge in [0.2, 0.25) is 0 Å². The van der Waals surface area contributed by atoms with Crippen molar-refractivity contribution in [2.24, 2.45) is 0 Å². The SMILES string of the molecule is CCN(CC)CCCC(C)Nc1ncnc(N)c1Br. The molecule has 0 spiro atoms. The Morgan fingerprint density at radius 2 is 2.05 bits per heavy atom. The summed E-state index contributed by atoms with van der Waals surface area (Å²) in [4.78, 5) is 10.6. The molecular formula is C13H24BrN5. The average molecular weight is 330 g/mol. The number of hydrogen-bond donors (Lipinski definition) is 2. The molecule has 1 atom stereocenters. The minimum Gasteiger partial charge on any atom is -0.383 e.